The van der Waals surface area contributed by atoms with E-state index in [9.17, 15) is 22.8 Å². The van der Waals surface area contributed by atoms with Crippen molar-refractivity contribution < 1.29 is 13.2 Å². The highest BCUT2D eigenvalue weighted by Crippen LogP contribution is 2.16. The second-order valence-corrected chi connectivity index (χ2v) is 6.88. The summed E-state index contributed by atoms with van der Waals surface area (Å²) in [5, 5.41) is 3.94. The number of benzene rings is 1. The monoisotopic (exact) mass is 379 g/mol. The maximum absolute atomic E-state index is 14.1. The van der Waals surface area contributed by atoms with Crippen LogP contribution in [0.5, 0.6) is 0 Å². The molecule has 0 aliphatic rings. The van der Waals surface area contributed by atoms with Crippen LogP contribution in [0.1, 0.15) is 26.3 Å². The molecule has 1 aromatic carbocycles. The van der Waals surface area contributed by atoms with Crippen LogP contribution in [0.2, 0.25) is 0 Å². The first-order valence-electron chi connectivity index (χ1n) is 7.97. The summed E-state index contributed by atoms with van der Waals surface area (Å²) in [4.78, 5) is 29.3. The van der Waals surface area contributed by atoms with Crippen LogP contribution in [-0.4, -0.2) is 23.9 Å². The summed E-state index contributed by atoms with van der Waals surface area (Å²) in [6.45, 7) is 4.43. The number of aromatic nitrogens is 5. The molecule has 27 heavy (non-hydrogen) atoms. The largest absolute Gasteiger partial charge is 0.355 e. The molecule has 3 rings (SSSR count). The van der Waals surface area contributed by atoms with E-state index >= 15 is 0 Å². The van der Waals surface area contributed by atoms with Gasteiger partial charge in [-0.15, -0.1) is 0 Å². The van der Waals surface area contributed by atoms with Crippen molar-refractivity contribution in [2.24, 2.45) is 0 Å². The molecular formula is C17H16F3N5O2. The fraction of sp³-hybridized carbons (Fsp3) is 0.294. The van der Waals surface area contributed by atoms with Gasteiger partial charge in [0.15, 0.2) is 11.6 Å². The van der Waals surface area contributed by atoms with Crippen molar-refractivity contribution in [1.82, 2.24) is 23.9 Å². The summed E-state index contributed by atoms with van der Waals surface area (Å²) in [7, 11) is 0. The van der Waals surface area contributed by atoms with Gasteiger partial charge in [0, 0.05) is 29.6 Å². The molecule has 0 saturated carbocycles. The van der Waals surface area contributed by atoms with Crippen molar-refractivity contribution in [1.29, 1.82) is 0 Å². The SMILES string of the molecule is CC(C)(C)n1c(=O)nc(-n2cccn2)n(Cc2cc(F)c(F)cc2F)c1=O. The smallest absolute Gasteiger partial charge is 0.257 e. The quantitative estimate of drug-likeness (QED) is 0.651. The first-order valence-corrected chi connectivity index (χ1v) is 7.97. The predicted octanol–water partition coefficient (Wildman–Crippen LogP) is 1.81. The van der Waals surface area contributed by atoms with Crippen molar-refractivity contribution in [2.45, 2.75) is 32.9 Å². The molecule has 0 atom stereocenters. The second-order valence-electron chi connectivity index (χ2n) is 6.88. The molecule has 0 radical (unpaired) electrons. The van der Waals surface area contributed by atoms with E-state index in [4.69, 9.17) is 0 Å². The first kappa shape index (κ1) is 18.6. The lowest BCUT2D eigenvalue weighted by atomic mass is 10.1. The van der Waals surface area contributed by atoms with Crippen LogP contribution in [0.15, 0.2) is 40.2 Å². The molecule has 0 unspecified atom stereocenters. The molecule has 2 heterocycles. The second kappa shape index (κ2) is 6.53. The van der Waals surface area contributed by atoms with Gasteiger partial charge in [0.2, 0.25) is 5.95 Å². The molecule has 7 nitrogen and oxygen atoms in total. The Hall–Kier alpha value is -3.17. The lowest BCUT2D eigenvalue weighted by Gasteiger charge is -2.23. The third kappa shape index (κ3) is 3.42. The first-order chi connectivity index (χ1) is 12.6. The maximum Gasteiger partial charge on any atom is 0.355 e. The Balaban J connectivity index is 2.29. The van der Waals surface area contributed by atoms with Gasteiger partial charge in [-0.3, -0.25) is 4.57 Å². The van der Waals surface area contributed by atoms with E-state index < -0.39 is 40.9 Å². The highest BCUT2D eigenvalue weighted by atomic mass is 19.2. The van der Waals surface area contributed by atoms with Gasteiger partial charge in [0.25, 0.3) is 0 Å². The van der Waals surface area contributed by atoms with Gasteiger partial charge < -0.3 is 0 Å². The summed E-state index contributed by atoms with van der Waals surface area (Å²) in [6.07, 6.45) is 2.85. The minimum Gasteiger partial charge on any atom is -0.257 e. The van der Waals surface area contributed by atoms with Crippen molar-refractivity contribution >= 4 is 0 Å². The van der Waals surface area contributed by atoms with E-state index in [1.54, 1.807) is 26.8 Å². The minimum atomic E-state index is -1.34. The molecule has 0 aliphatic heterocycles. The van der Waals surface area contributed by atoms with Crippen LogP contribution in [0.3, 0.4) is 0 Å². The highest BCUT2D eigenvalue weighted by molar-refractivity contribution is 5.22. The summed E-state index contributed by atoms with van der Waals surface area (Å²) in [5.41, 5.74) is -2.76. The van der Waals surface area contributed by atoms with Crippen LogP contribution in [0.4, 0.5) is 13.2 Å². The number of hydrogen-bond donors (Lipinski definition) is 0. The molecule has 0 bridgehead atoms. The lowest BCUT2D eigenvalue weighted by molar-refractivity contribution is 0.343. The van der Waals surface area contributed by atoms with E-state index in [1.165, 1.54) is 12.4 Å². The molecule has 0 fully saturated rings. The third-order valence-corrected chi connectivity index (χ3v) is 3.85. The summed E-state index contributed by atoms with van der Waals surface area (Å²) in [6, 6.07) is 2.61. The zero-order valence-electron chi connectivity index (χ0n) is 14.8. The maximum atomic E-state index is 14.1. The van der Waals surface area contributed by atoms with E-state index in [0.29, 0.717) is 12.1 Å². The average molecular weight is 379 g/mol. The van der Waals surface area contributed by atoms with Crippen LogP contribution in [0, 0.1) is 17.5 Å². The number of halogens is 3. The molecule has 3 aromatic rings. The van der Waals surface area contributed by atoms with Gasteiger partial charge in [-0.25, -0.2) is 32.0 Å². The average Bonchev–Trinajstić information content (AvgIpc) is 3.07. The van der Waals surface area contributed by atoms with Crippen molar-refractivity contribution in [2.75, 3.05) is 0 Å². The molecule has 2 aromatic heterocycles. The van der Waals surface area contributed by atoms with Gasteiger partial charge in [-0.05, 0) is 32.9 Å². The van der Waals surface area contributed by atoms with Crippen molar-refractivity contribution in [3.8, 4) is 5.95 Å². The molecule has 0 N–H and O–H groups in total. The topological polar surface area (TPSA) is 74.7 Å². The third-order valence-electron chi connectivity index (χ3n) is 3.85. The molecule has 0 spiro atoms. The molecular weight excluding hydrogens is 363 g/mol. The standard InChI is InChI=1S/C17H16F3N5O2/c1-17(2,3)25-15(26)22-14(24-6-4-5-21-24)23(16(25)27)9-10-7-12(19)13(20)8-11(10)18/h4-8H,9H2,1-3H3. The highest BCUT2D eigenvalue weighted by Gasteiger charge is 2.24. The minimum absolute atomic E-state index is 0.167. The fourth-order valence-corrected chi connectivity index (χ4v) is 2.61. The molecule has 0 amide bonds. The summed E-state index contributed by atoms with van der Waals surface area (Å²) in [5.74, 6) is -3.79. The Morgan fingerprint density at radius 2 is 1.70 bits per heavy atom. The van der Waals surface area contributed by atoms with Gasteiger partial charge >= 0.3 is 11.4 Å². The van der Waals surface area contributed by atoms with Gasteiger partial charge in [-0.2, -0.15) is 10.1 Å². The van der Waals surface area contributed by atoms with Gasteiger partial charge in [0.05, 0.1) is 6.54 Å². The van der Waals surface area contributed by atoms with Gasteiger partial charge in [-0.1, -0.05) is 0 Å². The van der Waals surface area contributed by atoms with Crippen LogP contribution in [-0.2, 0) is 12.1 Å². The number of rotatable bonds is 3. The Kier molecular flexibility index (Phi) is 4.50. The zero-order valence-corrected chi connectivity index (χ0v) is 14.8. The fourth-order valence-electron chi connectivity index (χ4n) is 2.61. The Morgan fingerprint density at radius 1 is 1.04 bits per heavy atom. The molecule has 10 heteroatoms. The zero-order chi connectivity index (χ0) is 19.9. The number of hydrogen-bond acceptors (Lipinski definition) is 4. The van der Waals surface area contributed by atoms with E-state index in [0.717, 1.165) is 13.8 Å². The summed E-state index contributed by atoms with van der Waals surface area (Å²) >= 11 is 0. The van der Waals surface area contributed by atoms with Crippen LogP contribution < -0.4 is 11.4 Å². The molecule has 142 valence electrons. The normalized spacial score (nSPS) is 11.8. The van der Waals surface area contributed by atoms with Crippen molar-refractivity contribution in [3.05, 3.63) is 74.6 Å². The van der Waals surface area contributed by atoms with Crippen LogP contribution >= 0.6 is 0 Å². The Bertz CT molecular complexity index is 1110. The van der Waals surface area contributed by atoms with E-state index in [-0.39, 0.29) is 11.5 Å². The summed E-state index contributed by atoms with van der Waals surface area (Å²) < 4.78 is 43.9. The predicted molar refractivity (Wildman–Crippen MR) is 90.3 cm³/mol. The molecule has 0 aliphatic carbocycles. The van der Waals surface area contributed by atoms with Crippen LogP contribution in [0.25, 0.3) is 5.95 Å². The Morgan fingerprint density at radius 3 is 2.30 bits per heavy atom. The van der Waals surface area contributed by atoms with E-state index in [1.807, 2.05) is 0 Å². The molecule has 0 saturated heterocycles. The van der Waals surface area contributed by atoms with E-state index in [2.05, 4.69) is 10.1 Å². The van der Waals surface area contributed by atoms with Gasteiger partial charge in [0.1, 0.15) is 5.82 Å². The Labute approximate surface area is 151 Å². The van der Waals surface area contributed by atoms with Crippen molar-refractivity contribution in [3.63, 3.8) is 0 Å². The lowest BCUT2D eigenvalue weighted by Crippen LogP contribution is -2.50. The number of nitrogens with zero attached hydrogens (tertiary/aromatic N) is 5.